The topological polar surface area (TPSA) is 35.6 Å². The van der Waals surface area contributed by atoms with Crippen LogP contribution in [-0.2, 0) is 4.79 Å². The van der Waals surface area contributed by atoms with E-state index in [4.69, 9.17) is 0 Å². The van der Waals surface area contributed by atoms with E-state index < -0.39 is 0 Å². The van der Waals surface area contributed by atoms with Crippen LogP contribution < -0.4 is 5.32 Å². The summed E-state index contributed by atoms with van der Waals surface area (Å²) in [5, 5.41) is 3.42. The van der Waals surface area contributed by atoms with Gasteiger partial charge in [0.15, 0.2) is 0 Å². The lowest BCUT2D eigenvalue weighted by molar-refractivity contribution is -0.146. The van der Waals surface area contributed by atoms with E-state index in [1.807, 2.05) is 0 Å². The van der Waals surface area contributed by atoms with Gasteiger partial charge in [-0.1, -0.05) is 13.8 Å². The Morgan fingerprint density at radius 3 is 2.57 bits per heavy atom. The zero-order valence-electron chi connectivity index (χ0n) is 13.7. The molecule has 3 rings (SSSR count). The van der Waals surface area contributed by atoms with Gasteiger partial charge in [0.2, 0.25) is 5.91 Å². The minimum atomic E-state index is -0.146. The van der Waals surface area contributed by atoms with E-state index in [0.717, 1.165) is 32.6 Å². The lowest BCUT2D eigenvalue weighted by Crippen LogP contribution is -2.55. The molecule has 3 aliphatic heterocycles. The molecule has 21 heavy (non-hydrogen) atoms. The molecule has 4 nitrogen and oxygen atoms in total. The van der Waals surface area contributed by atoms with E-state index in [-0.39, 0.29) is 5.41 Å². The standard InChI is InChI=1S/C17H31N3O/c1-14(2)17(7-8-18-13-17)16(21)20-11-5-6-15(12-20)19-9-3-4-10-19/h14-15,18H,3-13H2,1-2H3. The fourth-order valence-electron chi connectivity index (χ4n) is 4.49. The van der Waals surface area contributed by atoms with E-state index in [9.17, 15) is 4.79 Å². The van der Waals surface area contributed by atoms with Crippen molar-refractivity contribution < 1.29 is 4.79 Å². The fourth-order valence-corrected chi connectivity index (χ4v) is 4.49. The monoisotopic (exact) mass is 293 g/mol. The average molecular weight is 293 g/mol. The van der Waals surface area contributed by atoms with Gasteiger partial charge in [-0.2, -0.15) is 0 Å². The van der Waals surface area contributed by atoms with Crippen LogP contribution in [0.2, 0.25) is 0 Å². The first kappa shape index (κ1) is 15.3. The summed E-state index contributed by atoms with van der Waals surface area (Å²) < 4.78 is 0. The van der Waals surface area contributed by atoms with E-state index >= 15 is 0 Å². The van der Waals surface area contributed by atoms with Crippen LogP contribution in [0.1, 0.15) is 46.0 Å². The smallest absolute Gasteiger partial charge is 0.230 e. The molecule has 3 aliphatic rings. The Balaban J connectivity index is 1.68. The molecule has 0 radical (unpaired) electrons. The Kier molecular flexibility index (Phi) is 4.55. The second-order valence-electron chi connectivity index (χ2n) is 7.53. The van der Waals surface area contributed by atoms with E-state index in [1.165, 1.54) is 38.8 Å². The van der Waals surface area contributed by atoms with Crippen molar-refractivity contribution in [2.24, 2.45) is 11.3 Å². The van der Waals surface area contributed by atoms with Gasteiger partial charge in [0.05, 0.1) is 5.41 Å². The van der Waals surface area contributed by atoms with Crippen molar-refractivity contribution in [1.82, 2.24) is 15.1 Å². The van der Waals surface area contributed by atoms with Gasteiger partial charge >= 0.3 is 0 Å². The summed E-state index contributed by atoms with van der Waals surface area (Å²) in [6.07, 6.45) is 6.13. The third-order valence-electron chi connectivity index (χ3n) is 6.06. The minimum Gasteiger partial charge on any atom is -0.341 e. The number of nitrogens with one attached hydrogen (secondary N) is 1. The van der Waals surface area contributed by atoms with Crippen LogP contribution in [-0.4, -0.2) is 61.0 Å². The Bertz CT molecular complexity index is 370. The zero-order valence-corrected chi connectivity index (χ0v) is 13.7. The van der Waals surface area contributed by atoms with Crippen LogP contribution in [0.4, 0.5) is 0 Å². The number of hydrogen-bond acceptors (Lipinski definition) is 3. The molecule has 0 aromatic heterocycles. The summed E-state index contributed by atoms with van der Waals surface area (Å²) in [4.78, 5) is 18.0. The van der Waals surface area contributed by atoms with Gasteiger partial charge in [0.25, 0.3) is 0 Å². The number of nitrogens with zero attached hydrogens (tertiary/aromatic N) is 2. The molecule has 2 unspecified atom stereocenters. The fraction of sp³-hybridized carbons (Fsp3) is 0.941. The highest BCUT2D eigenvalue weighted by Gasteiger charge is 2.46. The third kappa shape index (κ3) is 2.85. The predicted molar refractivity (Wildman–Crippen MR) is 85.2 cm³/mol. The van der Waals surface area contributed by atoms with Gasteiger partial charge in [-0.3, -0.25) is 9.69 Å². The van der Waals surface area contributed by atoms with Crippen LogP contribution in [0.25, 0.3) is 0 Å². The predicted octanol–water partition coefficient (Wildman–Crippen LogP) is 1.71. The molecule has 1 N–H and O–H groups in total. The van der Waals surface area contributed by atoms with Crippen molar-refractivity contribution >= 4 is 5.91 Å². The second-order valence-corrected chi connectivity index (χ2v) is 7.53. The molecular weight excluding hydrogens is 262 g/mol. The molecule has 0 aromatic carbocycles. The molecule has 1 amide bonds. The minimum absolute atomic E-state index is 0.146. The molecule has 0 aromatic rings. The normalized spacial score (nSPS) is 34.8. The molecule has 2 atom stereocenters. The quantitative estimate of drug-likeness (QED) is 0.860. The maximum atomic E-state index is 13.2. The maximum absolute atomic E-state index is 13.2. The summed E-state index contributed by atoms with van der Waals surface area (Å²) in [6.45, 7) is 10.7. The molecule has 0 aliphatic carbocycles. The van der Waals surface area contributed by atoms with Gasteiger partial charge in [-0.15, -0.1) is 0 Å². The molecule has 3 fully saturated rings. The van der Waals surface area contributed by atoms with Crippen molar-refractivity contribution in [1.29, 1.82) is 0 Å². The van der Waals surface area contributed by atoms with Crippen LogP contribution in [0.5, 0.6) is 0 Å². The first-order chi connectivity index (χ1) is 10.1. The first-order valence-electron chi connectivity index (χ1n) is 8.87. The molecule has 0 saturated carbocycles. The van der Waals surface area contributed by atoms with Crippen LogP contribution in [0.15, 0.2) is 0 Å². The highest BCUT2D eigenvalue weighted by Crippen LogP contribution is 2.37. The summed E-state index contributed by atoms with van der Waals surface area (Å²) in [5.41, 5.74) is -0.146. The van der Waals surface area contributed by atoms with Gasteiger partial charge in [-0.25, -0.2) is 0 Å². The van der Waals surface area contributed by atoms with Crippen LogP contribution >= 0.6 is 0 Å². The van der Waals surface area contributed by atoms with Gasteiger partial charge in [0.1, 0.15) is 0 Å². The Morgan fingerprint density at radius 1 is 1.19 bits per heavy atom. The number of carbonyl (C=O) groups excluding carboxylic acids is 1. The van der Waals surface area contributed by atoms with E-state index in [1.54, 1.807) is 0 Å². The second kappa shape index (κ2) is 6.25. The third-order valence-corrected chi connectivity index (χ3v) is 6.06. The zero-order chi connectivity index (χ0) is 14.9. The SMILES string of the molecule is CC(C)C1(C(=O)N2CCCC(N3CCCC3)C2)CCNC1. The number of rotatable bonds is 3. The lowest BCUT2D eigenvalue weighted by Gasteiger charge is -2.42. The Labute approximate surface area is 129 Å². The summed E-state index contributed by atoms with van der Waals surface area (Å²) in [6, 6.07) is 0.615. The number of hydrogen-bond donors (Lipinski definition) is 1. The highest BCUT2D eigenvalue weighted by atomic mass is 16.2. The van der Waals surface area contributed by atoms with Crippen molar-refractivity contribution in [2.75, 3.05) is 39.3 Å². The van der Waals surface area contributed by atoms with Crippen LogP contribution in [0.3, 0.4) is 0 Å². The largest absolute Gasteiger partial charge is 0.341 e. The Hall–Kier alpha value is -0.610. The number of piperidine rings is 1. The number of amides is 1. The average Bonchev–Trinajstić information content (AvgIpc) is 3.18. The van der Waals surface area contributed by atoms with Crippen molar-refractivity contribution in [3.8, 4) is 0 Å². The first-order valence-corrected chi connectivity index (χ1v) is 8.87. The lowest BCUT2D eigenvalue weighted by atomic mass is 9.75. The summed E-state index contributed by atoms with van der Waals surface area (Å²) in [7, 11) is 0. The molecule has 4 heteroatoms. The molecule has 0 bridgehead atoms. The highest BCUT2D eigenvalue weighted by molar-refractivity contribution is 5.84. The van der Waals surface area contributed by atoms with Crippen LogP contribution in [0, 0.1) is 11.3 Å². The molecular formula is C17H31N3O. The van der Waals surface area contributed by atoms with Crippen molar-refractivity contribution in [3.05, 3.63) is 0 Å². The van der Waals surface area contributed by atoms with Crippen molar-refractivity contribution in [3.63, 3.8) is 0 Å². The van der Waals surface area contributed by atoms with Gasteiger partial charge < -0.3 is 10.2 Å². The summed E-state index contributed by atoms with van der Waals surface area (Å²) >= 11 is 0. The molecule has 120 valence electrons. The van der Waals surface area contributed by atoms with Gasteiger partial charge in [-0.05, 0) is 57.7 Å². The molecule has 3 heterocycles. The number of likely N-dealkylation sites (tertiary alicyclic amines) is 2. The van der Waals surface area contributed by atoms with Gasteiger partial charge in [0, 0.05) is 25.7 Å². The Morgan fingerprint density at radius 2 is 1.95 bits per heavy atom. The van der Waals surface area contributed by atoms with E-state index in [2.05, 4.69) is 29.0 Å². The number of carbonyl (C=O) groups is 1. The summed E-state index contributed by atoms with van der Waals surface area (Å²) in [5.74, 6) is 0.846. The van der Waals surface area contributed by atoms with E-state index in [0.29, 0.717) is 17.9 Å². The molecule has 3 saturated heterocycles. The van der Waals surface area contributed by atoms with Crippen molar-refractivity contribution in [2.45, 2.75) is 52.0 Å². The molecule has 0 spiro atoms. The maximum Gasteiger partial charge on any atom is 0.230 e.